The Labute approximate surface area is 172 Å². The van der Waals surface area contributed by atoms with Crippen molar-refractivity contribution in [3.8, 4) is 0 Å². The second-order valence-corrected chi connectivity index (χ2v) is 8.25. The van der Waals surface area contributed by atoms with E-state index in [2.05, 4.69) is 0 Å². The maximum atomic E-state index is 12.3. The molecule has 0 saturated carbocycles. The number of hydrogen-bond donors (Lipinski definition) is 0. The molecular formula is C20H22N2O4S2. The molecule has 0 spiro atoms. The molecule has 1 saturated heterocycles. The summed E-state index contributed by atoms with van der Waals surface area (Å²) >= 11 is 3.19. The number of amides is 2. The predicted molar refractivity (Wildman–Crippen MR) is 110 cm³/mol. The van der Waals surface area contributed by atoms with Gasteiger partial charge in [-0.05, 0) is 52.9 Å². The van der Waals surface area contributed by atoms with Gasteiger partial charge in [-0.25, -0.2) is 0 Å². The zero-order valence-electron chi connectivity index (χ0n) is 15.8. The van der Waals surface area contributed by atoms with Crippen LogP contribution in [0.15, 0.2) is 46.0 Å². The number of esters is 1. The second kappa shape index (κ2) is 9.25. The van der Waals surface area contributed by atoms with Gasteiger partial charge in [0.15, 0.2) is 6.61 Å². The fourth-order valence-corrected chi connectivity index (χ4v) is 4.05. The Kier molecular flexibility index (Phi) is 6.74. The number of carbonyl (C=O) groups excluding carboxylic acids is 3. The Morgan fingerprint density at radius 3 is 2.68 bits per heavy atom. The van der Waals surface area contributed by atoms with Gasteiger partial charge in [0.2, 0.25) is 5.91 Å². The zero-order valence-corrected chi connectivity index (χ0v) is 17.4. The molecule has 6 nitrogen and oxygen atoms in total. The number of rotatable bonds is 7. The van der Waals surface area contributed by atoms with Crippen LogP contribution >= 0.6 is 23.1 Å². The lowest BCUT2D eigenvalue weighted by molar-refractivity contribution is -0.155. The van der Waals surface area contributed by atoms with Crippen molar-refractivity contribution >= 4 is 46.6 Å². The largest absolute Gasteiger partial charge is 0.455 e. The highest BCUT2D eigenvalue weighted by Crippen LogP contribution is 2.27. The number of ether oxygens (including phenoxy) is 1. The fourth-order valence-electron chi connectivity index (χ4n) is 2.98. The lowest BCUT2D eigenvalue weighted by atomic mass is 10.1. The predicted octanol–water partition coefficient (Wildman–Crippen LogP) is 3.02. The molecule has 1 aromatic heterocycles. The molecule has 0 aliphatic carbocycles. The minimum Gasteiger partial charge on any atom is -0.455 e. The van der Waals surface area contributed by atoms with E-state index in [1.54, 1.807) is 35.0 Å². The number of thiophene rings is 1. The molecule has 1 aromatic carbocycles. The SMILES string of the molecule is CSc1ccc(N2CC(C(=O)OCC(=O)N(C)Cc3ccsc3)CC2=O)cc1. The quantitative estimate of drug-likeness (QED) is 0.511. The van der Waals surface area contributed by atoms with Crippen molar-refractivity contribution in [1.29, 1.82) is 0 Å². The summed E-state index contributed by atoms with van der Waals surface area (Å²) in [6.45, 7) is 0.434. The lowest BCUT2D eigenvalue weighted by Gasteiger charge is -2.18. The third kappa shape index (κ3) is 4.94. The first-order valence-corrected chi connectivity index (χ1v) is 11.0. The van der Waals surface area contributed by atoms with Gasteiger partial charge in [0.25, 0.3) is 5.91 Å². The Morgan fingerprint density at radius 1 is 1.29 bits per heavy atom. The Morgan fingerprint density at radius 2 is 2.04 bits per heavy atom. The smallest absolute Gasteiger partial charge is 0.311 e. The van der Waals surface area contributed by atoms with E-state index in [4.69, 9.17) is 4.74 Å². The summed E-state index contributed by atoms with van der Waals surface area (Å²) in [7, 11) is 1.67. The van der Waals surface area contributed by atoms with Crippen molar-refractivity contribution in [3.63, 3.8) is 0 Å². The Hall–Kier alpha value is -2.32. The highest BCUT2D eigenvalue weighted by Gasteiger charge is 2.36. The summed E-state index contributed by atoms with van der Waals surface area (Å²) in [6.07, 6.45) is 2.09. The molecule has 0 radical (unpaired) electrons. The van der Waals surface area contributed by atoms with Crippen LogP contribution in [0.3, 0.4) is 0 Å². The summed E-state index contributed by atoms with van der Waals surface area (Å²) in [6, 6.07) is 9.59. The summed E-state index contributed by atoms with van der Waals surface area (Å²) in [4.78, 5) is 41.0. The molecule has 1 aliphatic rings. The van der Waals surface area contributed by atoms with Crippen molar-refractivity contribution in [3.05, 3.63) is 46.7 Å². The minimum atomic E-state index is -0.553. The number of hydrogen-bond acceptors (Lipinski definition) is 6. The Balaban J connectivity index is 1.50. The van der Waals surface area contributed by atoms with Gasteiger partial charge >= 0.3 is 5.97 Å². The van der Waals surface area contributed by atoms with Gasteiger partial charge in [0, 0.05) is 37.1 Å². The topological polar surface area (TPSA) is 66.9 Å². The number of likely N-dealkylation sites (N-methyl/N-ethyl adjacent to an activating group) is 1. The van der Waals surface area contributed by atoms with E-state index < -0.39 is 11.9 Å². The van der Waals surface area contributed by atoms with Crippen LogP contribution in [-0.2, 0) is 25.7 Å². The van der Waals surface area contributed by atoms with Crippen molar-refractivity contribution in [2.24, 2.45) is 5.92 Å². The van der Waals surface area contributed by atoms with Crippen LogP contribution in [0.4, 0.5) is 5.69 Å². The van der Waals surface area contributed by atoms with E-state index in [0.717, 1.165) is 16.1 Å². The standard InChI is InChI=1S/C20H22N2O4S2/c1-21(10-14-7-8-28-13-14)19(24)12-26-20(25)15-9-18(23)22(11-15)16-3-5-17(27-2)6-4-16/h3-8,13,15H,9-12H2,1-2H3. The molecule has 2 aromatic rings. The third-order valence-electron chi connectivity index (χ3n) is 4.61. The van der Waals surface area contributed by atoms with Crippen molar-refractivity contribution in [2.75, 3.05) is 31.4 Å². The fraction of sp³-hybridized carbons (Fsp3) is 0.350. The van der Waals surface area contributed by atoms with Gasteiger partial charge in [-0.1, -0.05) is 0 Å². The number of thioether (sulfide) groups is 1. The van der Waals surface area contributed by atoms with Crippen LogP contribution in [0.1, 0.15) is 12.0 Å². The maximum absolute atomic E-state index is 12.3. The first-order valence-electron chi connectivity index (χ1n) is 8.84. The second-order valence-electron chi connectivity index (χ2n) is 6.59. The van der Waals surface area contributed by atoms with E-state index in [1.807, 2.05) is 47.3 Å². The lowest BCUT2D eigenvalue weighted by Crippen LogP contribution is -2.32. The van der Waals surface area contributed by atoms with Gasteiger partial charge < -0.3 is 14.5 Å². The van der Waals surface area contributed by atoms with Gasteiger partial charge in [-0.15, -0.1) is 11.8 Å². The molecule has 3 rings (SSSR count). The first kappa shape index (κ1) is 20.4. The summed E-state index contributed by atoms with van der Waals surface area (Å²) < 4.78 is 5.19. The average Bonchev–Trinajstić information content (AvgIpc) is 3.35. The normalized spacial score (nSPS) is 16.3. The van der Waals surface area contributed by atoms with Crippen molar-refractivity contribution in [1.82, 2.24) is 4.90 Å². The van der Waals surface area contributed by atoms with E-state index in [-0.39, 0.29) is 31.4 Å². The molecule has 8 heteroatoms. The van der Waals surface area contributed by atoms with Crippen molar-refractivity contribution < 1.29 is 19.1 Å². The van der Waals surface area contributed by atoms with Crippen LogP contribution in [0, 0.1) is 5.92 Å². The van der Waals surface area contributed by atoms with Crippen LogP contribution < -0.4 is 4.90 Å². The van der Waals surface area contributed by atoms with Gasteiger partial charge in [0.05, 0.1) is 5.92 Å². The van der Waals surface area contributed by atoms with E-state index >= 15 is 0 Å². The molecule has 1 aliphatic heterocycles. The summed E-state index contributed by atoms with van der Waals surface area (Å²) in [5.74, 6) is -1.44. The molecule has 0 bridgehead atoms. The zero-order chi connectivity index (χ0) is 20.1. The van der Waals surface area contributed by atoms with E-state index in [1.165, 1.54) is 4.90 Å². The number of benzene rings is 1. The molecule has 2 amide bonds. The van der Waals surface area contributed by atoms with Gasteiger partial charge in [-0.2, -0.15) is 11.3 Å². The third-order valence-corrected chi connectivity index (χ3v) is 6.08. The maximum Gasteiger partial charge on any atom is 0.311 e. The Bertz CT molecular complexity index is 836. The average molecular weight is 419 g/mol. The minimum absolute atomic E-state index is 0.0993. The monoisotopic (exact) mass is 418 g/mol. The molecule has 148 valence electrons. The van der Waals surface area contributed by atoms with Crippen LogP contribution in [0.25, 0.3) is 0 Å². The molecule has 2 heterocycles. The molecule has 1 fully saturated rings. The van der Waals surface area contributed by atoms with Gasteiger partial charge in [-0.3, -0.25) is 14.4 Å². The highest BCUT2D eigenvalue weighted by molar-refractivity contribution is 7.98. The molecule has 1 atom stereocenters. The van der Waals surface area contributed by atoms with E-state index in [9.17, 15) is 14.4 Å². The van der Waals surface area contributed by atoms with Gasteiger partial charge in [0.1, 0.15) is 0 Å². The highest BCUT2D eigenvalue weighted by atomic mass is 32.2. The summed E-state index contributed by atoms with van der Waals surface area (Å²) in [5.41, 5.74) is 1.81. The molecule has 0 N–H and O–H groups in total. The number of anilines is 1. The molecular weight excluding hydrogens is 396 g/mol. The van der Waals surface area contributed by atoms with Crippen LogP contribution in [0.2, 0.25) is 0 Å². The summed E-state index contributed by atoms with van der Waals surface area (Å²) in [5, 5.41) is 3.92. The van der Waals surface area contributed by atoms with Crippen molar-refractivity contribution in [2.45, 2.75) is 17.9 Å². The molecule has 28 heavy (non-hydrogen) atoms. The van der Waals surface area contributed by atoms with E-state index in [0.29, 0.717) is 6.54 Å². The first-order chi connectivity index (χ1) is 13.5. The molecule has 1 unspecified atom stereocenters. The van der Waals surface area contributed by atoms with Crippen LogP contribution in [-0.4, -0.2) is 49.1 Å². The van der Waals surface area contributed by atoms with Crippen LogP contribution in [0.5, 0.6) is 0 Å². The number of nitrogens with zero attached hydrogens (tertiary/aromatic N) is 2. The number of carbonyl (C=O) groups is 3.